The van der Waals surface area contributed by atoms with E-state index in [0.717, 1.165) is 11.3 Å². The van der Waals surface area contributed by atoms with Crippen molar-refractivity contribution < 1.29 is 14.3 Å². The Morgan fingerprint density at radius 3 is 2.47 bits per heavy atom. The predicted molar refractivity (Wildman–Crippen MR) is 77.4 cm³/mol. The monoisotopic (exact) mass is 281 g/mol. The summed E-state index contributed by atoms with van der Waals surface area (Å²) in [6.45, 7) is 1.96. The van der Waals surface area contributed by atoms with Gasteiger partial charge in [0.25, 0.3) is 5.91 Å². The Morgan fingerprint density at radius 2 is 1.95 bits per heavy atom. The van der Waals surface area contributed by atoms with Gasteiger partial charge in [-0.05, 0) is 37.5 Å². The van der Waals surface area contributed by atoms with Crippen molar-refractivity contribution in [1.29, 1.82) is 0 Å². The Bertz CT molecular complexity index is 431. The average Bonchev–Trinajstić information content (AvgIpc) is 2.43. The van der Waals surface area contributed by atoms with Crippen LogP contribution in [0.4, 0.5) is 0 Å². The van der Waals surface area contributed by atoms with Gasteiger partial charge in [-0.15, -0.1) is 0 Å². The second-order valence-electron chi connectivity index (χ2n) is 4.20. The molecule has 0 spiro atoms. The number of hydrogen-bond donors (Lipinski definition) is 1. The Hall–Kier alpha value is -1.49. The number of benzene rings is 1. The van der Waals surface area contributed by atoms with Gasteiger partial charge in [0.1, 0.15) is 6.04 Å². The quantitative estimate of drug-likeness (QED) is 0.811. The number of methoxy groups -OCH3 is 1. The zero-order valence-corrected chi connectivity index (χ0v) is 12.3. The zero-order valence-electron chi connectivity index (χ0n) is 11.4. The first kappa shape index (κ1) is 15.6. The van der Waals surface area contributed by atoms with Crippen molar-refractivity contribution in [1.82, 2.24) is 5.32 Å². The van der Waals surface area contributed by atoms with E-state index in [2.05, 4.69) is 5.32 Å². The Kier molecular flexibility index (Phi) is 6.42. The number of thioether (sulfide) groups is 1. The molecule has 0 heterocycles. The van der Waals surface area contributed by atoms with Crippen LogP contribution >= 0.6 is 11.8 Å². The average molecular weight is 281 g/mol. The molecule has 1 unspecified atom stereocenters. The molecule has 1 atom stereocenters. The first-order chi connectivity index (χ1) is 9.08. The lowest BCUT2D eigenvalue weighted by molar-refractivity contribution is -0.142. The molecule has 1 N–H and O–H groups in total. The summed E-state index contributed by atoms with van der Waals surface area (Å²) in [5, 5.41) is 2.71. The van der Waals surface area contributed by atoms with Crippen molar-refractivity contribution in [3.8, 4) is 0 Å². The number of esters is 1. The van der Waals surface area contributed by atoms with E-state index in [1.165, 1.54) is 7.11 Å². The summed E-state index contributed by atoms with van der Waals surface area (Å²) in [7, 11) is 1.33. The predicted octanol–water partition coefficient (Wildman–Crippen LogP) is 2.02. The van der Waals surface area contributed by atoms with Crippen molar-refractivity contribution in [3.63, 3.8) is 0 Å². The van der Waals surface area contributed by atoms with Crippen LogP contribution in [0.25, 0.3) is 0 Å². The molecule has 0 aromatic heterocycles. The van der Waals surface area contributed by atoms with Crippen molar-refractivity contribution >= 4 is 23.6 Å². The SMILES string of the molecule is COC(=O)C(CCSC)NC(=O)c1ccc(C)cc1. The fourth-order valence-corrected chi connectivity index (χ4v) is 2.04. The number of carbonyl (C=O) groups is 2. The molecular weight excluding hydrogens is 262 g/mol. The largest absolute Gasteiger partial charge is 0.467 e. The first-order valence-corrected chi connectivity index (χ1v) is 7.42. The van der Waals surface area contributed by atoms with Gasteiger partial charge >= 0.3 is 5.97 Å². The maximum absolute atomic E-state index is 12.0. The number of nitrogens with one attached hydrogen (secondary N) is 1. The van der Waals surface area contributed by atoms with E-state index in [-0.39, 0.29) is 5.91 Å². The molecule has 1 aromatic carbocycles. The number of ether oxygens (including phenoxy) is 1. The van der Waals surface area contributed by atoms with Crippen molar-refractivity contribution in [2.24, 2.45) is 0 Å². The molecule has 0 aliphatic carbocycles. The maximum Gasteiger partial charge on any atom is 0.328 e. The third kappa shape index (κ3) is 4.95. The van der Waals surface area contributed by atoms with Gasteiger partial charge in [-0.25, -0.2) is 4.79 Å². The molecule has 4 nitrogen and oxygen atoms in total. The van der Waals surface area contributed by atoms with E-state index in [1.807, 2.05) is 25.3 Å². The molecule has 5 heteroatoms. The van der Waals surface area contributed by atoms with Crippen LogP contribution < -0.4 is 5.32 Å². The highest BCUT2D eigenvalue weighted by atomic mass is 32.2. The molecule has 1 amide bonds. The summed E-state index contributed by atoms with van der Waals surface area (Å²) in [5.74, 6) is 0.125. The minimum atomic E-state index is -0.591. The summed E-state index contributed by atoms with van der Waals surface area (Å²) < 4.78 is 4.70. The third-order valence-corrected chi connectivity index (χ3v) is 3.36. The third-order valence-electron chi connectivity index (χ3n) is 2.72. The van der Waals surface area contributed by atoms with E-state index in [1.54, 1.807) is 23.9 Å². The van der Waals surface area contributed by atoms with Crippen LogP contribution in [0.3, 0.4) is 0 Å². The van der Waals surface area contributed by atoms with E-state index in [9.17, 15) is 9.59 Å². The van der Waals surface area contributed by atoms with E-state index in [0.29, 0.717) is 12.0 Å². The molecule has 0 bridgehead atoms. The molecule has 0 radical (unpaired) electrons. The molecule has 19 heavy (non-hydrogen) atoms. The van der Waals surface area contributed by atoms with Crippen LogP contribution in [0.2, 0.25) is 0 Å². The summed E-state index contributed by atoms with van der Waals surface area (Å²) in [6, 6.07) is 6.63. The number of amides is 1. The number of aryl methyl sites for hydroxylation is 1. The van der Waals surface area contributed by atoms with Crippen LogP contribution in [0.1, 0.15) is 22.3 Å². The summed E-state index contributed by atoms with van der Waals surface area (Å²) in [6.07, 6.45) is 2.52. The second-order valence-corrected chi connectivity index (χ2v) is 5.18. The van der Waals surface area contributed by atoms with Crippen molar-refractivity contribution in [3.05, 3.63) is 35.4 Å². The molecule has 1 aromatic rings. The number of carbonyl (C=O) groups excluding carboxylic acids is 2. The zero-order chi connectivity index (χ0) is 14.3. The molecule has 0 aliphatic rings. The van der Waals surface area contributed by atoms with Crippen molar-refractivity contribution in [2.45, 2.75) is 19.4 Å². The Balaban J connectivity index is 2.69. The highest BCUT2D eigenvalue weighted by Gasteiger charge is 2.21. The minimum absolute atomic E-state index is 0.253. The summed E-state index contributed by atoms with van der Waals surface area (Å²) >= 11 is 1.62. The van der Waals surface area contributed by atoms with Gasteiger partial charge in [0, 0.05) is 5.56 Å². The smallest absolute Gasteiger partial charge is 0.328 e. The summed E-state index contributed by atoms with van der Waals surface area (Å²) in [5.41, 5.74) is 1.63. The van der Waals surface area contributed by atoms with Crippen LogP contribution in [-0.4, -0.2) is 37.0 Å². The molecule has 1 rings (SSSR count). The number of hydrogen-bond acceptors (Lipinski definition) is 4. The highest BCUT2D eigenvalue weighted by molar-refractivity contribution is 7.98. The van der Waals surface area contributed by atoms with E-state index in [4.69, 9.17) is 4.74 Å². The molecule has 0 saturated heterocycles. The van der Waals surface area contributed by atoms with Crippen molar-refractivity contribution in [2.75, 3.05) is 19.1 Å². The van der Waals surface area contributed by atoms with E-state index >= 15 is 0 Å². The van der Waals surface area contributed by atoms with Gasteiger partial charge in [0.05, 0.1) is 7.11 Å². The van der Waals surface area contributed by atoms with Gasteiger partial charge in [0.2, 0.25) is 0 Å². The standard InChI is InChI=1S/C14H19NO3S/c1-10-4-6-11(7-5-10)13(16)15-12(8-9-19-3)14(17)18-2/h4-7,12H,8-9H2,1-3H3,(H,15,16). The second kappa shape index (κ2) is 7.84. The molecule has 0 aliphatic heterocycles. The molecule has 0 saturated carbocycles. The van der Waals surface area contributed by atoms with Gasteiger partial charge in [-0.3, -0.25) is 4.79 Å². The number of rotatable bonds is 6. The van der Waals surface area contributed by atoms with Gasteiger partial charge < -0.3 is 10.1 Å². The topological polar surface area (TPSA) is 55.4 Å². The highest BCUT2D eigenvalue weighted by Crippen LogP contribution is 2.06. The van der Waals surface area contributed by atoms with Gasteiger partial charge in [-0.1, -0.05) is 17.7 Å². The van der Waals surface area contributed by atoms with Crippen LogP contribution in [-0.2, 0) is 9.53 Å². The molecule has 0 fully saturated rings. The van der Waals surface area contributed by atoms with Gasteiger partial charge in [0.15, 0.2) is 0 Å². The van der Waals surface area contributed by atoms with Crippen LogP contribution in [0, 0.1) is 6.92 Å². The van der Waals surface area contributed by atoms with Crippen LogP contribution in [0.15, 0.2) is 24.3 Å². The minimum Gasteiger partial charge on any atom is -0.467 e. The van der Waals surface area contributed by atoms with Gasteiger partial charge in [-0.2, -0.15) is 11.8 Å². The molecule has 104 valence electrons. The lowest BCUT2D eigenvalue weighted by Crippen LogP contribution is -2.41. The lowest BCUT2D eigenvalue weighted by Gasteiger charge is -2.16. The fraction of sp³-hybridized carbons (Fsp3) is 0.429. The first-order valence-electron chi connectivity index (χ1n) is 6.02. The normalized spacial score (nSPS) is 11.7. The maximum atomic E-state index is 12.0. The fourth-order valence-electron chi connectivity index (χ4n) is 1.57. The lowest BCUT2D eigenvalue weighted by atomic mass is 10.1. The molecular formula is C14H19NO3S. The summed E-state index contributed by atoms with van der Waals surface area (Å²) in [4.78, 5) is 23.6. The Morgan fingerprint density at radius 1 is 1.32 bits per heavy atom. The Labute approximate surface area is 117 Å². The van der Waals surface area contributed by atoms with Crippen LogP contribution in [0.5, 0.6) is 0 Å². The van der Waals surface area contributed by atoms with E-state index < -0.39 is 12.0 Å².